The van der Waals surface area contributed by atoms with Crippen LogP contribution in [0.3, 0.4) is 0 Å². The number of benzene rings is 6. The molecule has 0 radical (unpaired) electrons. The summed E-state index contributed by atoms with van der Waals surface area (Å²) in [5.41, 5.74) is 3.37. The molecule has 46 heavy (non-hydrogen) atoms. The molecule has 212 valence electrons. The Morgan fingerprint density at radius 1 is 0.370 bits per heavy atom. The van der Waals surface area contributed by atoms with Gasteiger partial charge in [-0.15, -0.1) is 22.7 Å². The van der Waals surface area contributed by atoms with Crippen LogP contribution in [0.2, 0.25) is 0 Å². The van der Waals surface area contributed by atoms with Crippen molar-refractivity contribution in [3.8, 4) is 0 Å². The van der Waals surface area contributed by atoms with Crippen molar-refractivity contribution in [2.45, 2.75) is 0 Å². The van der Waals surface area contributed by atoms with Crippen LogP contribution in [-0.4, -0.2) is 19.9 Å². The Morgan fingerprint density at radius 3 is 1.28 bits per heavy atom. The lowest BCUT2D eigenvalue weighted by Crippen LogP contribution is -1.87. The van der Waals surface area contributed by atoms with Crippen LogP contribution in [0.25, 0.3) is 106 Å². The Labute approximate surface area is 268 Å². The first kappa shape index (κ1) is 24.7. The van der Waals surface area contributed by atoms with Crippen LogP contribution in [0.15, 0.2) is 122 Å². The lowest BCUT2D eigenvalue weighted by Gasteiger charge is -2.06. The summed E-state index contributed by atoms with van der Waals surface area (Å²) in [7, 11) is 0. The maximum Gasteiger partial charge on any atom is 0.160 e. The molecular weight excluding hydrogens is 601 g/mol. The highest BCUT2D eigenvalue weighted by Gasteiger charge is 2.14. The van der Waals surface area contributed by atoms with Gasteiger partial charge in [0.1, 0.15) is 0 Å². The second-order valence-electron chi connectivity index (χ2n) is 11.9. The van der Waals surface area contributed by atoms with E-state index in [0.717, 1.165) is 52.8 Å². The molecule has 0 saturated heterocycles. The van der Waals surface area contributed by atoms with Crippen LogP contribution in [-0.2, 0) is 0 Å². The van der Waals surface area contributed by atoms with Crippen molar-refractivity contribution in [1.82, 2.24) is 19.9 Å². The second kappa shape index (κ2) is 9.01. The number of fused-ring (bicyclic) bond motifs is 8. The van der Waals surface area contributed by atoms with Gasteiger partial charge in [0.05, 0.1) is 20.4 Å². The number of rotatable bonds is 0. The van der Waals surface area contributed by atoms with E-state index in [1.54, 1.807) is 22.7 Å². The third-order valence-electron chi connectivity index (χ3n) is 9.33. The first-order valence-electron chi connectivity index (χ1n) is 15.2. The van der Waals surface area contributed by atoms with Crippen LogP contribution in [0, 0.1) is 0 Å². The van der Waals surface area contributed by atoms with E-state index < -0.39 is 0 Å². The zero-order chi connectivity index (χ0) is 29.9. The fourth-order valence-electron chi connectivity index (χ4n) is 7.25. The van der Waals surface area contributed by atoms with Gasteiger partial charge in [-0.3, -0.25) is 0 Å². The highest BCUT2D eigenvalue weighted by Crippen LogP contribution is 2.39. The summed E-state index contributed by atoms with van der Waals surface area (Å²) >= 11 is 3.48. The summed E-state index contributed by atoms with van der Waals surface area (Å²) in [5, 5.41) is 13.7. The van der Waals surface area contributed by atoms with Crippen LogP contribution in [0.1, 0.15) is 0 Å². The fourth-order valence-corrected chi connectivity index (χ4v) is 9.24. The topological polar surface area (TPSA) is 51.6 Å². The molecule has 5 heterocycles. The van der Waals surface area contributed by atoms with E-state index in [-0.39, 0.29) is 0 Å². The summed E-state index contributed by atoms with van der Waals surface area (Å²) in [6, 6.07) is 39.5. The Morgan fingerprint density at radius 2 is 0.804 bits per heavy atom. The van der Waals surface area contributed by atoms with Crippen LogP contribution >= 0.6 is 22.7 Å². The fraction of sp³-hybridized carbons (Fsp3) is 0. The van der Waals surface area contributed by atoms with E-state index >= 15 is 0 Å². The molecule has 6 aromatic carbocycles. The molecule has 0 aliphatic rings. The van der Waals surface area contributed by atoms with Gasteiger partial charge in [0.25, 0.3) is 0 Å². The van der Waals surface area contributed by atoms with Crippen molar-refractivity contribution in [1.29, 1.82) is 0 Å². The molecule has 0 aliphatic carbocycles. The summed E-state index contributed by atoms with van der Waals surface area (Å²) in [6.45, 7) is 0. The Bertz CT molecular complexity index is 2740. The van der Waals surface area contributed by atoms with Gasteiger partial charge in [-0.2, -0.15) is 0 Å². The smallest absolute Gasteiger partial charge is 0.160 e. The summed E-state index contributed by atoms with van der Waals surface area (Å²) in [4.78, 5) is 20.4. The number of nitrogens with zero attached hydrogens (tertiary/aromatic N) is 4. The summed E-state index contributed by atoms with van der Waals surface area (Å²) < 4.78 is 4.57. The van der Waals surface area contributed by atoms with Crippen molar-refractivity contribution in [3.05, 3.63) is 122 Å². The zero-order valence-electron chi connectivity index (χ0n) is 24.2. The molecule has 6 heteroatoms. The van der Waals surface area contributed by atoms with Gasteiger partial charge in [-0.1, -0.05) is 84.9 Å². The van der Waals surface area contributed by atoms with Gasteiger partial charge in [0.2, 0.25) is 0 Å². The molecule has 0 atom stereocenters. The average molecular weight is 621 g/mol. The minimum atomic E-state index is 0.705. The van der Waals surface area contributed by atoms with Gasteiger partial charge < -0.3 is 0 Å². The van der Waals surface area contributed by atoms with Gasteiger partial charge >= 0.3 is 0 Å². The van der Waals surface area contributed by atoms with Crippen molar-refractivity contribution < 1.29 is 0 Å². The molecule has 0 unspecified atom stereocenters. The second-order valence-corrected chi connectivity index (χ2v) is 14.0. The van der Waals surface area contributed by atoms with E-state index in [1.807, 2.05) is 12.4 Å². The van der Waals surface area contributed by atoms with Crippen molar-refractivity contribution in [3.63, 3.8) is 0 Å². The quantitative estimate of drug-likeness (QED) is 0.169. The third-order valence-corrected chi connectivity index (χ3v) is 11.5. The Kier molecular flexibility index (Phi) is 4.84. The number of hydrogen-bond acceptors (Lipinski definition) is 6. The average Bonchev–Trinajstić information content (AvgIpc) is 3.67. The first-order valence-corrected chi connectivity index (χ1v) is 16.8. The van der Waals surface area contributed by atoms with Crippen molar-refractivity contribution in [2.24, 2.45) is 0 Å². The monoisotopic (exact) mass is 620 g/mol. The largest absolute Gasteiger partial charge is 0.235 e. The lowest BCUT2D eigenvalue weighted by atomic mass is 9.98. The van der Waals surface area contributed by atoms with E-state index in [4.69, 9.17) is 19.9 Å². The Hall–Kier alpha value is -5.56. The third kappa shape index (κ3) is 3.37. The van der Waals surface area contributed by atoms with Gasteiger partial charge in [-0.25, -0.2) is 19.9 Å². The van der Waals surface area contributed by atoms with Crippen LogP contribution in [0.4, 0.5) is 0 Å². The molecule has 8 bridgehead atoms. The minimum absolute atomic E-state index is 0.705. The van der Waals surface area contributed by atoms with Crippen LogP contribution < -0.4 is 0 Å². The molecular formula is C40H20N4S2. The normalized spacial score (nSPS) is 12.3. The van der Waals surface area contributed by atoms with Gasteiger partial charge in [-0.05, 0) is 62.0 Å². The highest BCUT2D eigenvalue weighted by molar-refractivity contribution is 7.26. The van der Waals surface area contributed by atoms with Gasteiger partial charge in [0.15, 0.2) is 11.3 Å². The minimum Gasteiger partial charge on any atom is -0.235 e. The molecule has 11 rings (SSSR count). The molecule has 11 aromatic rings. The number of aromatic nitrogens is 4. The van der Waals surface area contributed by atoms with Gasteiger partial charge in [0, 0.05) is 48.7 Å². The zero-order valence-corrected chi connectivity index (χ0v) is 25.8. The summed E-state index contributed by atoms with van der Waals surface area (Å²) in [5.74, 6) is 0. The molecule has 0 saturated carbocycles. The van der Waals surface area contributed by atoms with E-state index in [1.165, 1.54) is 41.7 Å². The standard InChI is InChI=1S/C40H20N4S2/c1-5-21-6-2-10-26-24-14-16-32-30(18-24)38-34(46-32)20-42-40(44-38)28-12-4-8-22-7-3-11-27(36(22)28)39-41-19-33-37(43-39)29-17-23(13-15-31(29)45-33)25(9-1)35(21)26/h1-20H. The molecule has 4 nitrogen and oxygen atoms in total. The molecule has 0 N–H and O–H groups in total. The maximum atomic E-state index is 5.27. The SMILES string of the molecule is c1cc2cccc3c4ccc5sc6cnc(nc6c5c4)c4cccc5cccc(c6ncc7sc8ccc(cc8c7n6)c(c1)c23)c54. The Balaban J connectivity index is 1.46. The predicted octanol–water partition coefficient (Wildman–Crippen LogP) is 11.5. The molecule has 5 aromatic heterocycles. The van der Waals surface area contributed by atoms with Crippen LogP contribution in [0.5, 0.6) is 0 Å². The van der Waals surface area contributed by atoms with Crippen molar-refractivity contribution >= 4 is 128 Å². The van der Waals surface area contributed by atoms with E-state index in [2.05, 4.69) is 109 Å². The summed E-state index contributed by atoms with van der Waals surface area (Å²) in [6.07, 6.45) is 3.96. The van der Waals surface area contributed by atoms with E-state index in [0.29, 0.717) is 11.3 Å². The maximum absolute atomic E-state index is 5.27. The molecule has 0 aliphatic heterocycles. The molecule has 0 spiro atoms. The number of thiophene rings is 2. The molecule has 0 fully saturated rings. The highest BCUT2D eigenvalue weighted by atomic mass is 32.1. The molecule has 0 amide bonds. The predicted molar refractivity (Wildman–Crippen MR) is 197 cm³/mol. The van der Waals surface area contributed by atoms with E-state index in [9.17, 15) is 0 Å². The lowest BCUT2D eigenvalue weighted by molar-refractivity contribution is 1.34. The van der Waals surface area contributed by atoms with Crippen molar-refractivity contribution in [2.75, 3.05) is 0 Å². The first-order chi connectivity index (χ1) is 22.8. The number of hydrogen-bond donors (Lipinski definition) is 0.